The number of anilines is 1. The zero-order chi connectivity index (χ0) is 20.3. The molecule has 1 saturated heterocycles. The van der Waals surface area contributed by atoms with E-state index in [1.165, 1.54) is 0 Å². The van der Waals surface area contributed by atoms with Crippen LogP contribution < -0.4 is 15.5 Å². The third-order valence-electron chi connectivity index (χ3n) is 4.73. The van der Waals surface area contributed by atoms with Crippen molar-refractivity contribution in [3.63, 3.8) is 0 Å². The van der Waals surface area contributed by atoms with Gasteiger partial charge in [-0.2, -0.15) is 0 Å². The second-order valence-electron chi connectivity index (χ2n) is 6.92. The predicted octanol–water partition coefficient (Wildman–Crippen LogP) is 3.11. The van der Waals surface area contributed by atoms with Crippen molar-refractivity contribution in [2.24, 2.45) is 4.99 Å². The first-order valence-electron chi connectivity index (χ1n) is 10.3. The molecule has 1 atom stereocenters. The molecule has 1 unspecified atom stereocenters. The number of hydrogen-bond donors (Lipinski definition) is 2. The lowest BCUT2D eigenvalue weighted by atomic mass is 10.3. The van der Waals surface area contributed by atoms with E-state index in [0.29, 0.717) is 5.02 Å². The molecule has 1 aliphatic heterocycles. The lowest BCUT2D eigenvalue weighted by Crippen LogP contribution is -2.45. The van der Waals surface area contributed by atoms with Gasteiger partial charge in [0.05, 0.1) is 11.3 Å². The Morgan fingerprint density at radius 2 is 2.34 bits per heavy atom. The molecule has 1 fully saturated rings. The molecule has 7 nitrogen and oxygen atoms in total. The summed E-state index contributed by atoms with van der Waals surface area (Å²) in [4.78, 5) is 11.4. The van der Waals surface area contributed by atoms with Crippen LogP contribution in [0.5, 0.6) is 0 Å². The van der Waals surface area contributed by atoms with Crippen LogP contribution in [0.15, 0.2) is 46.1 Å². The number of furan rings is 1. The number of aliphatic imine (C=N–C) groups is 1. The summed E-state index contributed by atoms with van der Waals surface area (Å²) in [6, 6.07) is 7.92. The number of nitrogens with one attached hydrogen (secondary N) is 2. The van der Waals surface area contributed by atoms with Crippen LogP contribution in [0.1, 0.15) is 25.5 Å². The normalized spacial score (nSPS) is 17.0. The third kappa shape index (κ3) is 6.94. The van der Waals surface area contributed by atoms with E-state index in [4.69, 9.17) is 25.7 Å². The highest BCUT2D eigenvalue weighted by Crippen LogP contribution is 2.25. The Hall–Kier alpha value is -2.25. The lowest BCUT2D eigenvalue weighted by Gasteiger charge is -2.20. The van der Waals surface area contributed by atoms with Gasteiger partial charge in [-0.15, -0.1) is 0 Å². The maximum Gasteiger partial charge on any atom is 0.191 e. The van der Waals surface area contributed by atoms with E-state index >= 15 is 0 Å². The van der Waals surface area contributed by atoms with Gasteiger partial charge in [0.1, 0.15) is 11.6 Å². The fourth-order valence-corrected chi connectivity index (χ4v) is 3.53. The van der Waals surface area contributed by atoms with Crippen LogP contribution in [0, 0.1) is 0 Å². The van der Waals surface area contributed by atoms with Gasteiger partial charge in [0.15, 0.2) is 5.96 Å². The number of halogens is 1. The number of pyridine rings is 1. The van der Waals surface area contributed by atoms with Gasteiger partial charge in [-0.25, -0.2) is 4.98 Å². The summed E-state index contributed by atoms with van der Waals surface area (Å²) in [5, 5.41) is 7.67. The molecule has 2 aromatic rings. The molecule has 1 aliphatic rings. The molecule has 3 heterocycles. The Kier molecular flexibility index (Phi) is 8.64. The third-order valence-corrected chi connectivity index (χ3v) is 5.03. The van der Waals surface area contributed by atoms with Crippen LogP contribution in [0.2, 0.25) is 5.02 Å². The Morgan fingerprint density at radius 1 is 1.41 bits per heavy atom. The molecule has 0 aliphatic carbocycles. The standard InChI is InChI=1S/C21H30ClN5O2/c1-2-28-14-5-11-24-21(25-12-8-18-6-4-15-29-18)26-17-9-13-27(16-17)20-19(22)7-3-10-23-20/h3-4,6-7,10,15,17H,2,5,8-9,11-14,16H2,1H3,(H2,24,25,26). The molecule has 2 aromatic heterocycles. The maximum atomic E-state index is 6.30. The fraction of sp³-hybridized carbons (Fsp3) is 0.524. The van der Waals surface area contributed by atoms with Crippen molar-refractivity contribution in [3.8, 4) is 0 Å². The summed E-state index contributed by atoms with van der Waals surface area (Å²) < 4.78 is 10.8. The molecule has 0 saturated carbocycles. The van der Waals surface area contributed by atoms with Gasteiger partial charge in [-0.1, -0.05) is 11.6 Å². The second-order valence-corrected chi connectivity index (χ2v) is 7.33. The molecule has 158 valence electrons. The summed E-state index contributed by atoms with van der Waals surface area (Å²) >= 11 is 6.30. The molecular formula is C21H30ClN5O2. The minimum absolute atomic E-state index is 0.287. The Morgan fingerprint density at radius 3 is 3.14 bits per heavy atom. The summed E-state index contributed by atoms with van der Waals surface area (Å²) in [5.74, 6) is 2.64. The number of guanidine groups is 1. The van der Waals surface area contributed by atoms with Gasteiger partial charge >= 0.3 is 0 Å². The summed E-state index contributed by atoms with van der Waals surface area (Å²) in [5.41, 5.74) is 0. The van der Waals surface area contributed by atoms with Gasteiger partial charge in [0.25, 0.3) is 0 Å². The average molecular weight is 420 g/mol. The molecule has 29 heavy (non-hydrogen) atoms. The van der Waals surface area contributed by atoms with Crippen LogP contribution in [0.4, 0.5) is 5.82 Å². The molecule has 0 spiro atoms. The van der Waals surface area contributed by atoms with Gasteiger partial charge in [0.2, 0.25) is 0 Å². The van der Waals surface area contributed by atoms with Gasteiger partial charge in [-0.3, -0.25) is 4.99 Å². The van der Waals surface area contributed by atoms with Crippen LogP contribution in [0.25, 0.3) is 0 Å². The number of ether oxygens (including phenoxy) is 1. The van der Waals surface area contributed by atoms with Crippen LogP contribution in [0.3, 0.4) is 0 Å². The SMILES string of the molecule is CCOCCCN=C(NCCc1ccco1)NC1CCN(c2ncccc2Cl)C1. The number of nitrogens with zero attached hydrogens (tertiary/aromatic N) is 3. The topological polar surface area (TPSA) is 74.9 Å². The number of rotatable bonds is 10. The minimum Gasteiger partial charge on any atom is -0.469 e. The minimum atomic E-state index is 0.287. The molecular weight excluding hydrogens is 390 g/mol. The zero-order valence-electron chi connectivity index (χ0n) is 16.9. The van der Waals surface area contributed by atoms with Gasteiger partial charge in [-0.05, 0) is 44.0 Å². The molecule has 3 rings (SSSR count). The fourth-order valence-electron chi connectivity index (χ4n) is 3.29. The Labute approximate surface area is 177 Å². The Bertz CT molecular complexity index is 753. The van der Waals surface area contributed by atoms with Crippen molar-refractivity contribution in [1.82, 2.24) is 15.6 Å². The molecule has 0 radical (unpaired) electrons. The van der Waals surface area contributed by atoms with Crippen molar-refractivity contribution in [1.29, 1.82) is 0 Å². The van der Waals surface area contributed by atoms with Crippen molar-refractivity contribution in [2.45, 2.75) is 32.2 Å². The molecule has 0 amide bonds. The number of aromatic nitrogens is 1. The number of hydrogen-bond acceptors (Lipinski definition) is 5. The van der Waals surface area contributed by atoms with E-state index in [1.54, 1.807) is 12.5 Å². The van der Waals surface area contributed by atoms with E-state index < -0.39 is 0 Å². The lowest BCUT2D eigenvalue weighted by molar-refractivity contribution is 0.146. The van der Waals surface area contributed by atoms with E-state index in [1.807, 2.05) is 31.2 Å². The van der Waals surface area contributed by atoms with Crippen molar-refractivity contribution >= 4 is 23.4 Å². The van der Waals surface area contributed by atoms with Gasteiger partial charge < -0.3 is 24.7 Å². The molecule has 0 aromatic carbocycles. The van der Waals surface area contributed by atoms with E-state index in [2.05, 4.69) is 20.5 Å². The molecule has 2 N–H and O–H groups in total. The quantitative estimate of drug-likeness (QED) is 0.350. The van der Waals surface area contributed by atoms with Crippen LogP contribution >= 0.6 is 11.6 Å². The highest BCUT2D eigenvalue weighted by Gasteiger charge is 2.25. The van der Waals surface area contributed by atoms with E-state index in [9.17, 15) is 0 Å². The summed E-state index contributed by atoms with van der Waals surface area (Å²) in [6.45, 7) is 6.71. The first-order valence-corrected chi connectivity index (χ1v) is 10.6. The van der Waals surface area contributed by atoms with Crippen molar-refractivity contribution in [2.75, 3.05) is 44.3 Å². The first-order chi connectivity index (χ1) is 14.3. The average Bonchev–Trinajstić information content (AvgIpc) is 3.40. The molecule has 8 heteroatoms. The zero-order valence-corrected chi connectivity index (χ0v) is 17.7. The van der Waals surface area contributed by atoms with Crippen LogP contribution in [-0.2, 0) is 11.2 Å². The maximum absolute atomic E-state index is 6.30. The largest absolute Gasteiger partial charge is 0.469 e. The van der Waals surface area contributed by atoms with Crippen molar-refractivity contribution in [3.05, 3.63) is 47.5 Å². The van der Waals surface area contributed by atoms with E-state index in [-0.39, 0.29) is 6.04 Å². The van der Waals surface area contributed by atoms with Crippen LogP contribution in [-0.4, -0.2) is 56.4 Å². The van der Waals surface area contributed by atoms with Gasteiger partial charge in [0, 0.05) is 58.1 Å². The molecule has 0 bridgehead atoms. The summed E-state index contributed by atoms with van der Waals surface area (Å²) in [7, 11) is 0. The first kappa shape index (κ1) is 21.5. The highest BCUT2D eigenvalue weighted by atomic mass is 35.5. The van der Waals surface area contributed by atoms with E-state index in [0.717, 1.165) is 76.2 Å². The smallest absolute Gasteiger partial charge is 0.191 e. The Balaban J connectivity index is 1.52. The monoisotopic (exact) mass is 419 g/mol. The summed E-state index contributed by atoms with van der Waals surface area (Å²) in [6.07, 6.45) is 6.20. The highest BCUT2D eigenvalue weighted by molar-refractivity contribution is 6.32. The van der Waals surface area contributed by atoms with Crippen molar-refractivity contribution < 1.29 is 9.15 Å². The second kappa shape index (κ2) is 11.7. The predicted molar refractivity (Wildman–Crippen MR) is 117 cm³/mol.